The van der Waals surface area contributed by atoms with E-state index >= 15 is 0 Å². The molecule has 0 aliphatic carbocycles. The Labute approximate surface area is 147 Å². The van der Waals surface area contributed by atoms with E-state index in [1.807, 2.05) is 32.0 Å². The number of hydrogen-bond donors (Lipinski definition) is 1. The highest BCUT2D eigenvalue weighted by Crippen LogP contribution is 2.24. The van der Waals surface area contributed by atoms with Crippen LogP contribution < -0.4 is 10.2 Å². The minimum absolute atomic E-state index is 0.00411. The Morgan fingerprint density at radius 3 is 2.71 bits per heavy atom. The van der Waals surface area contributed by atoms with Gasteiger partial charge in [-0.3, -0.25) is 4.79 Å². The molecule has 6 heteroatoms. The van der Waals surface area contributed by atoms with Gasteiger partial charge in [-0.1, -0.05) is 17.7 Å². The molecule has 2 heterocycles. The maximum absolute atomic E-state index is 12.5. The first-order valence-corrected chi connectivity index (χ1v) is 8.52. The molecule has 0 unspecified atom stereocenters. The quantitative estimate of drug-likeness (QED) is 0.924. The molecule has 5 nitrogen and oxygen atoms in total. The number of piperidine rings is 1. The zero-order valence-electron chi connectivity index (χ0n) is 13.9. The van der Waals surface area contributed by atoms with Gasteiger partial charge in [-0.05, 0) is 50.5 Å². The average molecular weight is 345 g/mol. The minimum atomic E-state index is 0.00411. The Balaban J connectivity index is 1.60. The van der Waals surface area contributed by atoms with E-state index in [-0.39, 0.29) is 11.8 Å². The summed E-state index contributed by atoms with van der Waals surface area (Å²) >= 11 is 6.01. The predicted octanol–water partition coefficient (Wildman–Crippen LogP) is 3.60. The Morgan fingerprint density at radius 2 is 2.00 bits per heavy atom. The van der Waals surface area contributed by atoms with Crippen LogP contribution in [0.4, 0.5) is 11.6 Å². The summed E-state index contributed by atoms with van der Waals surface area (Å²) in [7, 11) is 0. The molecule has 1 N–H and O–H groups in total. The molecule has 2 aromatic rings. The SMILES string of the molecule is Cc1ccnc(N2CCC(C(=O)Nc3cc(Cl)ccc3C)CC2)n1. The summed E-state index contributed by atoms with van der Waals surface area (Å²) in [6, 6.07) is 7.42. The molecule has 0 atom stereocenters. The van der Waals surface area contributed by atoms with Crippen LogP contribution in [0.2, 0.25) is 5.02 Å². The van der Waals surface area contributed by atoms with Crippen LogP contribution in [0, 0.1) is 19.8 Å². The summed E-state index contributed by atoms with van der Waals surface area (Å²) in [5.74, 6) is 0.814. The Morgan fingerprint density at radius 1 is 1.25 bits per heavy atom. The van der Waals surface area contributed by atoms with Crippen LogP contribution in [-0.2, 0) is 4.79 Å². The van der Waals surface area contributed by atoms with Gasteiger partial charge in [-0.15, -0.1) is 0 Å². The van der Waals surface area contributed by atoms with Gasteiger partial charge in [0.2, 0.25) is 11.9 Å². The van der Waals surface area contributed by atoms with Crippen LogP contribution in [-0.4, -0.2) is 29.0 Å². The van der Waals surface area contributed by atoms with Gasteiger partial charge >= 0.3 is 0 Å². The Hall–Kier alpha value is -2.14. The first-order chi connectivity index (χ1) is 11.5. The second-order valence-corrected chi connectivity index (χ2v) is 6.64. The fourth-order valence-electron chi connectivity index (χ4n) is 2.89. The van der Waals surface area contributed by atoms with E-state index in [2.05, 4.69) is 20.2 Å². The molecular formula is C18H21ClN4O. The van der Waals surface area contributed by atoms with Crippen molar-refractivity contribution in [1.82, 2.24) is 9.97 Å². The lowest BCUT2D eigenvalue weighted by Gasteiger charge is -2.31. The molecule has 1 aliphatic heterocycles. The molecule has 0 bridgehead atoms. The van der Waals surface area contributed by atoms with Crippen LogP contribution in [0.1, 0.15) is 24.1 Å². The summed E-state index contributed by atoms with van der Waals surface area (Å²) in [5.41, 5.74) is 2.76. The number of hydrogen-bond acceptors (Lipinski definition) is 4. The van der Waals surface area contributed by atoms with E-state index < -0.39 is 0 Å². The topological polar surface area (TPSA) is 58.1 Å². The number of nitrogens with zero attached hydrogens (tertiary/aromatic N) is 3. The molecule has 1 saturated heterocycles. The fourth-order valence-corrected chi connectivity index (χ4v) is 3.07. The van der Waals surface area contributed by atoms with Crippen molar-refractivity contribution in [2.75, 3.05) is 23.3 Å². The van der Waals surface area contributed by atoms with E-state index in [9.17, 15) is 4.79 Å². The molecule has 1 aromatic carbocycles. The predicted molar refractivity (Wildman–Crippen MR) is 96.5 cm³/mol. The highest BCUT2D eigenvalue weighted by molar-refractivity contribution is 6.31. The van der Waals surface area contributed by atoms with Crippen molar-refractivity contribution < 1.29 is 4.79 Å². The van der Waals surface area contributed by atoms with Crippen molar-refractivity contribution in [3.63, 3.8) is 0 Å². The third-order valence-corrected chi connectivity index (χ3v) is 4.62. The number of aryl methyl sites for hydroxylation is 2. The molecule has 1 aromatic heterocycles. The van der Waals surface area contributed by atoms with Gasteiger partial charge in [-0.2, -0.15) is 0 Å². The summed E-state index contributed by atoms with van der Waals surface area (Å²) in [6.45, 7) is 5.49. The fraction of sp³-hybridized carbons (Fsp3) is 0.389. The second kappa shape index (κ2) is 7.18. The van der Waals surface area contributed by atoms with Crippen LogP contribution in [0.3, 0.4) is 0 Å². The molecule has 126 valence electrons. The van der Waals surface area contributed by atoms with E-state index in [0.717, 1.165) is 48.8 Å². The Bertz CT molecular complexity index is 742. The molecule has 1 aliphatic rings. The van der Waals surface area contributed by atoms with Crippen molar-refractivity contribution >= 4 is 29.1 Å². The van der Waals surface area contributed by atoms with Gasteiger partial charge in [0.25, 0.3) is 0 Å². The third-order valence-electron chi connectivity index (χ3n) is 4.39. The molecule has 0 saturated carbocycles. The molecule has 24 heavy (non-hydrogen) atoms. The van der Waals surface area contributed by atoms with Crippen molar-refractivity contribution in [2.24, 2.45) is 5.92 Å². The van der Waals surface area contributed by atoms with Crippen LogP contribution in [0.15, 0.2) is 30.5 Å². The maximum Gasteiger partial charge on any atom is 0.227 e. The van der Waals surface area contributed by atoms with Gasteiger partial charge in [0.15, 0.2) is 0 Å². The number of aromatic nitrogens is 2. The van der Waals surface area contributed by atoms with Crippen molar-refractivity contribution in [3.8, 4) is 0 Å². The van der Waals surface area contributed by atoms with E-state index in [0.29, 0.717) is 5.02 Å². The third kappa shape index (κ3) is 3.85. The summed E-state index contributed by atoms with van der Waals surface area (Å²) in [5, 5.41) is 3.64. The number of carbonyl (C=O) groups is 1. The second-order valence-electron chi connectivity index (χ2n) is 6.21. The molecule has 0 spiro atoms. The molecule has 1 fully saturated rings. The summed E-state index contributed by atoms with van der Waals surface area (Å²) < 4.78 is 0. The van der Waals surface area contributed by atoms with Gasteiger partial charge in [0, 0.05) is 41.6 Å². The molecular weight excluding hydrogens is 324 g/mol. The molecule has 3 rings (SSSR count). The minimum Gasteiger partial charge on any atom is -0.341 e. The lowest BCUT2D eigenvalue weighted by molar-refractivity contribution is -0.120. The monoisotopic (exact) mass is 344 g/mol. The number of amides is 1. The van der Waals surface area contributed by atoms with Gasteiger partial charge in [0.1, 0.15) is 0 Å². The van der Waals surface area contributed by atoms with Crippen LogP contribution >= 0.6 is 11.6 Å². The summed E-state index contributed by atoms with van der Waals surface area (Å²) in [4.78, 5) is 23.4. The van der Waals surface area contributed by atoms with Gasteiger partial charge in [0.05, 0.1) is 0 Å². The highest BCUT2D eigenvalue weighted by atomic mass is 35.5. The lowest BCUT2D eigenvalue weighted by atomic mass is 9.96. The van der Waals surface area contributed by atoms with E-state index in [1.165, 1.54) is 0 Å². The number of rotatable bonds is 3. The molecule has 0 radical (unpaired) electrons. The smallest absolute Gasteiger partial charge is 0.227 e. The summed E-state index contributed by atoms with van der Waals surface area (Å²) in [6.07, 6.45) is 3.36. The number of anilines is 2. The van der Waals surface area contributed by atoms with Crippen LogP contribution in [0.25, 0.3) is 0 Å². The van der Waals surface area contributed by atoms with Crippen molar-refractivity contribution in [3.05, 3.63) is 46.7 Å². The van der Waals surface area contributed by atoms with Crippen molar-refractivity contribution in [2.45, 2.75) is 26.7 Å². The number of halogens is 1. The first-order valence-electron chi connectivity index (χ1n) is 8.14. The largest absolute Gasteiger partial charge is 0.341 e. The van der Waals surface area contributed by atoms with Gasteiger partial charge < -0.3 is 10.2 Å². The first kappa shape index (κ1) is 16.7. The maximum atomic E-state index is 12.5. The number of benzene rings is 1. The Kier molecular flexibility index (Phi) is 5.00. The highest BCUT2D eigenvalue weighted by Gasteiger charge is 2.26. The molecule has 1 amide bonds. The number of carbonyl (C=O) groups excluding carboxylic acids is 1. The zero-order valence-corrected chi connectivity index (χ0v) is 14.7. The average Bonchev–Trinajstić information content (AvgIpc) is 2.58. The van der Waals surface area contributed by atoms with E-state index in [4.69, 9.17) is 11.6 Å². The number of nitrogens with one attached hydrogen (secondary N) is 1. The van der Waals surface area contributed by atoms with Crippen LogP contribution in [0.5, 0.6) is 0 Å². The van der Waals surface area contributed by atoms with E-state index in [1.54, 1.807) is 12.3 Å². The standard InChI is InChI=1S/C18H21ClN4O/c1-12-3-4-15(19)11-16(12)22-17(24)14-6-9-23(10-7-14)18-20-8-5-13(2)21-18/h3-5,8,11,14H,6-7,9-10H2,1-2H3,(H,22,24). The van der Waals surface area contributed by atoms with Gasteiger partial charge in [-0.25, -0.2) is 9.97 Å². The zero-order chi connectivity index (χ0) is 17.1. The van der Waals surface area contributed by atoms with Crippen molar-refractivity contribution in [1.29, 1.82) is 0 Å². The lowest BCUT2D eigenvalue weighted by Crippen LogP contribution is -2.39. The normalized spacial score (nSPS) is 15.4.